The van der Waals surface area contributed by atoms with Crippen molar-refractivity contribution in [3.05, 3.63) is 79.6 Å². The number of nitrogens with one attached hydrogen (secondary N) is 1. The van der Waals surface area contributed by atoms with Crippen molar-refractivity contribution >= 4 is 34.8 Å². The van der Waals surface area contributed by atoms with Crippen LogP contribution in [-0.2, 0) is 11.3 Å². The van der Waals surface area contributed by atoms with Crippen molar-refractivity contribution in [1.82, 2.24) is 9.78 Å². The molecule has 1 heterocycles. The van der Waals surface area contributed by atoms with Crippen LogP contribution in [0.25, 0.3) is 11.3 Å². The van der Waals surface area contributed by atoms with Crippen molar-refractivity contribution in [3.63, 3.8) is 0 Å². The summed E-state index contributed by atoms with van der Waals surface area (Å²) in [4.78, 5) is 24.6. The van der Waals surface area contributed by atoms with E-state index in [4.69, 9.17) is 23.2 Å². The third kappa shape index (κ3) is 4.61. The van der Waals surface area contributed by atoms with Crippen LogP contribution in [-0.4, -0.2) is 15.7 Å². The van der Waals surface area contributed by atoms with E-state index >= 15 is 0 Å². The van der Waals surface area contributed by atoms with Gasteiger partial charge in [0.05, 0.1) is 5.69 Å². The number of nitrogens with zero attached hydrogens (tertiary/aromatic N) is 2. The number of hydrogen-bond acceptors (Lipinski definition) is 3. The number of benzene rings is 2. The third-order valence-electron chi connectivity index (χ3n) is 4.42. The van der Waals surface area contributed by atoms with Crippen molar-refractivity contribution in [2.24, 2.45) is 0 Å². The van der Waals surface area contributed by atoms with E-state index in [9.17, 15) is 9.59 Å². The normalized spacial score (nSPS) is 10.8. The molecule has 3 rings (SSSR count). The van der Waals surface area contributed by atoms with Gasteiger partial charge in [-0.25, -0.2) is 4.68 Å². The Morgan fingerprint density at radius 2 is 1.61 bits per heavy atom. The van der Waals surface area contributed by atoms with Crippen LogP contribution in [0.2, 0.25) is 10.0 Å². The molecule has 0 aliphatic carbocycles. The fourth-order valence-electron chi connectivity index (χ4n) is 2.90. The molecule has 0 bridgehead atoms. The molecule has 0 saturated carbocycles. The van der Waals surface area contributed by atoms with Crippen molar-refractivity contribution in [2.45, 2.75) is 27.3 Å². The molecule has 2 aromatic carbocycles. The van der Waals surface area contributed by atoms with Crippen LogP contribution in [0.3, 0.4) is 0 Å². The van der Waals surface area contributed by atoms with Crippen molar-refractivity contribution in [2.75, 3.05) is 5.32 Å². The summed E-state index contributed by atoms with van der Waals surface area (Å²) in [5.41, 5.74) is 5.04. The second kappa shape index (κ2) is 8.17. The zero-order valence-corrected chi connectivity index (χ0v) is 17.2. The third-order valence-corrected chi connectivity index (χ3v) is 4.86. The Hall–Kier alpha value is -2.63. The van der Waals surface area contributed by atoms with Crippen LogP contribution in [0.15, 0.2) is 47.3 Å². The number of rotatable bonds is 4. The largest absolute Gasteiger partial charge is 0.324 e. The van der Waals surface area contributed by atoms with Crippen LogP contribution in [0.4, 0.5) is 5.69 Å². The first-order chi connectivity index (χ1) is 13.2. The van der Waals surface area contributed by atoms with Crippen molar-refractivity contribution in [1.29, 1.82) is 0 Å². The monoisotopic (exact) mass is 415 g/mol. The minimum Gasteiger partial charge on any atom is -0.324 e. The number of aryl methyl sites for hydroxylation is 3. The zero-order valence-electron chi connectivity index (χ0n) is 15.7. The molecular weight excluding hydrogens is 397 g/mol. The first-order valence-corrected chi connectivity index (χ1v) is 9.41. The Balaban J connectivity index is 1.87. The van der Waals surface area contributed by atoms with Gasteiger partial charge in [0.15, 0.2) is 0 Å². The molecule has 1 amide bonds. The lowest BCUT2D eigenvalue weighted by Crippen LogP contribution is -2.29. The number of hydrogen-bond donors (Lipinski definition) is 1. The summed E-state index contributed by atoms with van der Waals surface area (Å²) in [5.74, 6) is -0.401. The van der Waals surface area contributed by atoms with Gasteiger partial charge in [-0.1, -0.05) is 29.3 Å². The lowest BCUT2D eigenvalue weighted by molar-refractivity contribution is -0.117. The summed E-state index contributed by atoms with van der Waals surface area (Å²) in [6, 6.07) is 11.9. The Labute approximate surface area is 172 Å². The highest BCUT2D eigenvalue weighted by molar-refractivity contribution is 6.35. The van der Waals surface area contributed by atoms with Crippen LogP contribution < -0.4 is 10.9 Å². The molecule has 0 unspecified atom stereocenters. The van der Waals surface area contributed by atoms with E-state index in [0.717, 1.165) is 21.4 Å². The lowest BCUT2D eigenvalue weighted by Gasteiger charge is -2.12. The van der Waals surface area contributed by atoms with E-state index < -0.39 is 5.91 Å². The van der Waals surface area contributed by atoms with Gasteiger partial charge in [0.2, 0.25) is 5.91 Å². The van der Waals surface area contributed by atoms with Gasteiger partial charge in [0, 0.05) is 27.4 Å². The molecule has 0 atom stereocenters. The highest BCUT2D eigenvalue weighted by atomic mass is 35.5. The standard InChI is InChI=1S/C21H19Cl2N3O2/c1-12-6-14(3)18(7-13(12)2)19-4-5-21(28)26(25-19)11-20(27)24-17-9-15(22)8-16(23)10-17/h4-10H,11H2,1-3H3,(H,24,27). The molecule has 0 aliphatic rings. The predicted octanol–water partition coefficient (Wildman–Crippen LogP) is 4.78. The van der Waals surface area contributed by atoms with Gasteiger partial charge in [-0.2, -0.15) is 5.10 Å². The van der Waals surface area contributed by atoms with Crippen LogP contribution >= 0.6 is 23.2 Å². The quantitative estimate of drug-likeness (QED) is 0.666. The molecule has 0 saturated heterocycles. The van der Waals surface area contributed by atoms with Gasteiger partial charge >= 0.3 is 0 Å². The predicted molar refractivity (Wildman–Crippen MR) is 113 cm³/mol. The average molecular weight is 416 g/mol. The first kappa shape index (κ1) is 20.1. The second-order valence-electron chi connectivity index (χ2n) is 6.67. The summed E-state index contributed by atoms with van der Waals surface area (Å²) in [5, 5.41) is 7.88. The number of carbonyl (C=O) groups is 1. The molecule has 0 radical (unpaired) electrons. The van der Waals surface area contributed by atoms with Crippen LogP contribution in [0.1, 0.15) is 16.7 Å². The molecule has 28 heavy (non-hydrogen) atoms. The molecule has 7 heteroatoms. The molecule has 3 aromatic rings. The summed E-state index contributed by atoms with van der Waals surface area (Å²) >= 11 is 11.9. The fourth-order valence-corrected chi connectivity index (χ4v) is 3.43. The van der Waals surface area contributed by atoms with Gasteiger partial charge in [-0.3, -0.25) is 9.59 Å². The van der Waals surface area contributed by atoms with Gasteiger partial charge in [-0.05, 0) is 67.8 Å². The van der Waals surface area contributed by atoms with E-state index in [1.54, 1.807) is 24.3 Å². The highest BCUT2D eigenvalue weighted by Crippen LogP contribution is 2.24. The first-order valence-electron chi connectivity index (χ1n) is 8.65. The minimum absolute atomic E-state index is 0.222. The SMILES string of the molecule is Cc1cc(C)c(-c2ccc(=O)n(CC(=O)Nc3cc(Cl)cc(Cl)c3)n2)cc1C. The maximum Gasteiger partial charge on any atom is 0.267 e. The summed E-state index contributed by atoms with van der Waals surface area (Å²) < 4.78 is 1.14. The Bertz CT molecular complexity index is 1100. The van der Waals surface area contributed by atoms with E-state index in [-0.39, 0.29) is 12.1 Å². The number of carbonyl (C=O) groups excluding carboxylic acids is 1. The lowest BCUT2D eigenvalue weighted by atomic mass is 9.99. The summed E-state index contributed by atoms with van der Waals surface area (Å²) in [6.45, 7) is 5.85. The highest BCUT2D eigenvalue weighted by Gasteiger charge is 2.11. The van der Waals surface area contributed by atoms with Crippen LogP contribution in [0.5, 0.6) is 0 Å². The van der Waals surface area contributed by atoms with Crippen molar-refractivity contribution < 1.29 is 4.79 Å². The molecule has 0 spiro atoms. The van der Waals surface area contributed by atoms with Gasteiger partial charge in [-0.15, -0.1) is 0 Å². The Morgan fingerprint density at radius 3 is 2.29 bits per heavy atom. The fraction of sp³-hybridized carbons (Fsp3) is 0.190. The van der Waals surface area contributed by atoms with Gasteiger partial charge < -0.3 is 5.32 Å². The molecule has 1 N–H and O–H groups in total. The molecular formula is C21H19Cl2N3O2. The average Bonchev–Trinajstić information content (AvgIpc) is 2.59. The van der Waals surface area contributed by atoms with E-state index in [1.165, 1.54) is 11.6 Å². The van der Waals surface area contributed by atoms with E-state index in [2.05, 4.69) is 16.5 Å². The summed E-state index contributed by atoms with van der Waals surface area (Å²) in [7, 11) is 0. The van der Waals surface area contributed by atoms with E-state index in [1.807, 2.05) is 26.8 Å². The van der Waals surface area contributed by atoms with Gasteiger partial charge in [0.1, 0.15) is 6.54 Å². The van der Waals surface area contributed by atoms with E-state index in [0.29, 0.717) is 21.4 Å². The van der Waals surface area contributed by atoms with Gasteiger partial charge in [0.25, 0.3) is 5.56 Å². The number of amides is 1. The van der Waals surface area contributed by atoms with Crippen LogP contribution in [0, 0.1) is 20.8 Å². The molecule has 144 valence electrons. The molecule has 1 aromatic heterocycles. The molecule has 0 fully saturated rings. The molecule has 5 nitrogen and oxygen atoms in total. The van der Waals surface area contributed by atoms with Crippen molar-refractivity contribution in [3.8, 4) is 11.3 Å². The number of halogens is 2. The topological polar surface area (TPSA) is 64.0 Å². The maximum absolute atomic E-state index is 12.4. The number of anilines is 1. The second-order valence-corrected chi connectivity index (χ2v) is 7.55. The maximum atomic E-state index is 12.4. The minimum atomic E-state index is -0.401. The Morgan fingerprint density at radius 1 is 0.964 bits per heavy atom. The Kier molecular flexibility index (Phi) is 5.87. The zero-order chi connectivity index (χ0) is 20.4. The number of aromatic nitrogens is 2. The smallest absolute Gasteiger partial charge is 0.267 e. The molecule has 0 aliphatic heterocycles. The summed E-state index contributed by atoms with van der Waals surface area (Å²) in [6.07, 6.45) is 0.